The van der Waals surface area contributed by atoms with Gasteiger partial charge in [-0.25, -0.2) is 0 Å². The molecule has 38 heavy (non-hydrogen) atoms. The van der Waals surface area contributed by atoms with Gasteiger partial charge in [-0.2, -0.15) is 0 Å². The summed E-state index contributed by atoms with van der Waals surface area (Å²) in [6, 6.07) is 30.6. The molecule has 0 aliphatic rings. The van der Waals surface area contributed by atoms with Crippen LogP contribution in [0.25, 0.3) is 0 Å². The Labute approximate surface area is 229 Å². The fourth-order valence-corrected chi connectivity index (χ4v) is 9.97. The Morgan fingerprint density at radius 2 is 1.32 bits per heavy atom. The minimum absolute atomic E-state index is 0.0155. The molecule has 2 atom stereocenters. The zero-order chi connectivity index (χ0) is 27.6. The van der Waals surface area contributed by atoms with E-state index in [4.69, 9.17) is 9.16 Å². The zero-order valence-electron chi connectivity index (χ0n) is 23.5. The molecule has 0 N–H and O–H groups in total. The molecule has 3 aromatic rings. The van der Waals surface area contributed by atoms with E-state index in [-0.39, 0.29) is 35.7 Å². The van der Waals surface area contributed by atoms with Gasteiger partial charge in [0.15, 0.2) is 0 Å². The number of esters is 1. The molecule has 0 aliphatic carbocycles. The Kier molecular flexibility index (Phi) is 10.6. The number of hydrogen-bond acceptors (Lipinski definition) is 4. The molecule has 0 saturated heterocycles. The van der Waals surface area contributed by atoms with Gasteiger partial charge in [-0.1, -0.05) is 125 Å². The summed E-state index contributed by atoms with van der Waals surface area (Å²) in [5, 5.41) is 2.23. The van der Waals surface area contributed by atoms with Crippen molar-refractivity contribution in [2.24, 2.45) is 11.8 Å². The highest BCUT2D eigenvalue weighted by Gasteiger charge is 2.50. The molecule has 0 unspecified atom stereocenters. The van der Waals surface area contributed by atoms with Gasteiger partial charge >= 0.3 is 5.97 Å². The van der Waals surface area contributed by atoms with Crippen LogP contribution in [0.2, 0.25) is 5.04 Å². The summed E-state index contributed by atoms with van der Waals surface area (Å²) >= 11 is 0. The standard InChI is InChI=1S/C33H42O4Si/c1-6-16-28(31(23-26(2)34)32(35)36-24-27-17-10-7-11-18-27)25-37-38(33(3,4)5,29-19-12-8-13-20-29)30-21-14-9-15-22-30/h7-15,17-22,28,31H,6,16,23-25H2,1-5H3/t28-,31-/m0/s1. The molecule has 3 rings (SSSR count). The minimum Gasteiger partial charge on any atom is -0.461 e. The van der Waals surface area contributed by atoms with Crippen molar-refractivity contribution in [2.45, 2.75) is 65.5 Å². The summed E-state index contributed by atoms with van der Waals surface area (Å²) in [5.41, 5.74) is 0.929. The van der Waals surface area contributed by atoms with Gasteiger partial charge in [0.25, 0.3) is 8.32 Å². The van der Waals surface area contributed by atoms with Gasteiger partial charge in [-0.15, -0.1) is 0 Å². The molecule has 5 heteroatoms. The third kappa shape index (κ3) is 7.30. The van der Waals surface area contributed by atoms with E-state index in [2.05, 4.69) is 76.2 Å². The Morgan fingerprint density at radius 3 is 1.76 bits per heavy atom. The third-order valence-electron chi connectivity index (χ3n) is 7.19. The van der Waals surface area contributed by atoms with Gasteiger partial charge in [0.2, 0.25) is 0 Å². The van der Waals surface area contributed by atoms with E-state index in [0.29, 0.717) is 6.61 Å². The summed E-state index contributed by atoms with van der Waals surface area (Å²) in [6.07, 6.45) is 1.81. The highest BCUT2D eigenvalue weighted by Crippen LogP contribution is 2.38. The molecule has 3 aromatic carbocycles. The maximum absolute atomic E-state index is 13.4. The topological polar surface area (TPSA) is 52.6 Å². The Hall–Kier alpha value is -3.02. The first-order valence-corrected chi connectivity index (χ1v) is 15.5. The molecule has 202 valence electrons. The first kappa shape index (κ1) is 29.5. The summed E-state index contributed by atoms with van der Waals surface area (Å²) in [5.74, 6) is -1.02. The van der Waals surface area contributed by atoms with Crippen LogP contribution in [0.3, 0.4) is 0 Å². The van der Waals surface area contributed by atoms with E-state index in [1.807, 2.05) is 42.5 Å². The van der Waals surface area contributed by atoms with Crippen molar-refractivity contribution in [1.29, 1.82) is 0 Å². The van der Waals surface area contributed by atoms with Crippen molar-refractivity contribution in [1.82, 2.24) is 0 Å². The normalized spacial score (nSPS) is 13.5. The number of Topliss-reactive ketones (excluding diaryl/α,β-unsaturated/α-hetero) is 1. The maximum Gasteiger partial charge on any atom is 0.310 e. The second-order valence-corrected chi connectivity index (χ2v) is 15.4. The molecule has 0 aromatic heterocycles. The number of carbonyl (C=O) groups excluding carboxylic acids is 2. The number of benzene rings is 3. The van der Waals surface area contributed by atoms with E-state index in [1.165, 1.54) is 10.4 Å². The number of rotatable bonds is 13. The van der Waals surface area contributed by atoms with Crippen LogP contribution in [0.4, 0.5) is 0 Å². The fraction of sp³-hybridized carbons (Fsp3) is 0.394. The van der Waals surface area contributed by atoms with Crippen LogP contribution >= 0.6 is 0 Å². The van der Waals surface area contributed by atoms with Crippen LogP contribution in [0.1, 0.15) is 59.4 Å². The fourth-order valence-electron chi connectivity index (χ4n) is 5.35. The molecule has 0 saturated carbocycles. The summed E-state index contributed by atoms with van der Waals surface area (Å²) in [6.45, 7) is 11.0. The highest BCUT2D eigenvalue weighted by molar-refractivity contribution is 6.99. The van der Waals surface area contributed by atoms with Gasteiger partial charge < -0.3 is 14.0 Å². The van der Waals surface area contributed by atoms with Gasteiger partial charge in [0.1, 0.15) is 12.4 Å². The second-order valence-electron chi connectivity index (χ2n) is 11.1. The predicted octanol–water partition coefficient (Wildman–Crippen LogP) is 6.32. The average Bonchev–Trinajstić information content (AvgIpc) is 2.91. The number of carbonyl (C=O) groups is 2. The summed E-state index contributed by atoms with van der Waals surface area (Å²) in [4.78, 5) is 25.7. The molecule has 0 fully saturated rings. The first-order valence-electron chi connectivity index (χ1n) is 13.6. The van der Waals surface area contributed by atoms with Gasteiger partial charge in [-0.05, 0) is 40.2 Å². The SMILES string of the molecule is CCC[C@@H](CO[Si](c1ccccc1)(c1ccccc1)C(C)(C)C)[C@H](CC(C)=O)C(=O)OCc1ccccc1. The average molecular weight is 531 g/mol. The number of ether oxygens (including phenoxy) is 1. The van der Waals surface area contributed by atoms with E-state index < -0.39 is 14.2 Å². The smallest absolute Gasteiger partial charge is 0.310 e. The van der Waals surface area contributed by atoms with Crippen LogP contribution < -0.4 is 10.4 Å². The van der Waals surface area contributed by atoms with Crippen LogP contribution in [0, 0.1) is 11.8 Å². The summed E-state index contributed by atoms with van der Waals surface area (Å²) < 4.78 is 12.9. The van der Waals surface area contributed by atoms with Crippen LogP contribution in [-0.4, -0.2) is 26.7 Å². The quantitative estimate of drug-likeness (QED) is 0.192. The lowest BCUT2D eigenvalue weighted by Gasteiger charge is -2.44. The van der Waals surface area contributed by atoms with Crippen LogP contribution in [-0.2, 0) is 25.4 Å². The van der Waals surface area contributed by atoms with Crippen molar-refractivity contribution in [3.8, 4) is 0 Å². The lowest BCUT2D eigenvalue weighted by molar-refractivity contribution is -0.154. The lowest BCUT2D eigenvalue weighted by Crippen LogP contribution is -2.67. The van der Waals surface area contributed by atoms with E-state index in [1.54, 1.807) is 6.92 Å². The van der Waals surface area contributed by atoms with Gasteiger partial charge in [0.05, 0.1) is 5.92 Å². The van der Waals surface area contributed by atoms with Gasteiger partial charge in [0, 0.05) is 13.0 Å². The third-order valence-corrected chi connectivity index (χ3v) is 12.2. The molecular weight excluding hydrogens is 488 g/mol. The molecule has 0 radical (unpaired) electrons. The number of ketones is 1. The van der Waals surface area contributed by atoms with Crippen LogP contribution in [0.15, 0.2) is 91.0 Å². The van der Waals surface area contributed by atoms with Gasteiger partial charge in [-0.3, -0.25) is 4.79 Å². The molecular formula is C33H42O4Si. The molecule has 4 nitrogen and oxygen atoms in total. The molecule has 0 spiro atoms. The largest absolute Gasteiger partial charge is 0.461 e. The molecule has 0 aliphatic heterocycles. The minimum atomic E-state index is -2.77. The van der Waals surface area contributed by atoms with E-state index in [9.17, 15) is 9.59 Å². The lowest BCUT2D eigenvalue weighted by atomic mass is 9.85. The molecule has 0 amide bonds. The Balaban J connectivity index is 1.95. The first-order chi connectivity index (χ1) is 18.2. The Morgan fingerprint density at radius 1 is 0.816 bits per heavy atom. The maximum atomic E-state index is 13.4. The molecule has 0 heterocycles. The monoisotopic (exact) mass is 530 g/mol. The van der Waals surface area contributed by atoms with Crippen LogP contribution in [0.5, 0.6) is 0 Å². The van der Waals surface area contributed by atoms with Crippen molar-refractivity contribution in [2.75, 3.05) is 6.61 Å². The predicted molar refractivity (Wildman–Crippen MR) is 157 cm³/mol. The second kappa shape index (κ2) is 13.7. The highest BCUT2D eigenvalue weighted by atomic mass is 28.4. The van der Waals surface area contributed by atoms with Crippen molar-refractivity contribution in [3.63, 3.8) is 0 Å². The van der Waals surface area contributed by atoms with Crippen molar-refractivity contribution >= 4 is 30.4 Å². The molecule has 0 bridgehead atoms. The van der Waals surface area contributed by atoms with E-state index in [0.717, 1.165) is 18.4 Å². The van der Waals surface area contributed by atoms with E-state index >= 15 is 0 Å². The number of hydrogen-bond donors (Lipinski definition) is 0. The summed E-state index contributed by atoms with van der Waals surface area (Å²) in [7, 11) is -2.77. The zero-order valence-corrected chi connectivity index (χ0v) is 24.5. The Bertz CT molecular complexity index is 1100. The van der Waals surface area contributed by atoms with Crippen molar-refractivity contribution in [3.05, 3.63) is 96.6 Å². The van der Waals surface area contributed by atoms with Crippen molar-refractivity contribution < 1.29 is 18.8 Å².